The Morgan fingerprint density at radius 2 is 2.20 bits per heavy atom. The van der Waals surface area contributed by atoms with Crippen LogP contribution in [-0.2, 0) is 4.79 Å². The van der Waals surface area contributed by atoms with Crippen molar-refractivity contribution in [2.45, 2.75) is 25.8 Å². The maximum absolute atomic E-state index is 11.5. The standard InChI is InChI=1S/C11H15IN2O/c1-11(2,13)7-10(15)14-9-5-3-4-8(12)6-9/h3-6H,7,13H2,1-2H3,(H,14,15). The fourth-order valence-electron chi connectivity index (χ4n) is 1.19. The van der Waals surface area contributed by atoms with Gasteiger partial charge in [0.1, 0.15) is 0 Å². The van der Waals surface area contributed by atoms with Gasteiger partial charge < -0.3 is 11.1 Å². The molecule has 0 saturated carbocycles. The highest BCUT2D eigenvalue weighted by Crippen LogP contribution is 2.13. The van der Waals surface area contributed by atoms with Gasteiger partial charge in [-0.15, -0.1) is 0 Å². The lowest BCUT2D eigenvalue weighted by Crippen LogP contribution is -2.36. The van der Waals surface area contributed by atoms with E-state index in [0.29, 0.717) is 6.42 Å². The molecule has 0 heterocycles. The molecule has 0 aliphatic heterocycles. The van der Waals surface area contributed by atoms with Crippen LogP contribution in [0.4, 0.5) is 5.69 Å². The number of rotatable bonds is 3. The van der Waals surface area contributed by atoms with Crippen molar-refractivity contribution in [1.82, 2.24) is 0 Å². The lowest BCUT2D eigenvalue weighted by molar-refractivity contribution is -0.117. The van der Waals surface area contributed by atoms with Crippen LogP contribution in [0.3, 0.4) is 0 Å². The van der Waals surface area contributed by atoms with Gasteiger partial charge in [-0.1, -0.05) is 6.07 Å². The van der Waals surface area contributed by atoms with Crippen molar-refractivity contribution in [1.29, 1.82) is 0 Å². The summed E-state index contributed by atoms with van der Waals surface area (Å²) < 4.78 is 1.09. The number of carbonyl (C=O) groups is 1. The maximum Gasteiger partial charge on any atom is 0.226 e. The Bertz CT molecular complexity index is 358. The predicted octanol–water partition coefficient (Wildman–Crippen LogP) is 2.36. The van der Waals surface area contributed by atoms with Crippen LogP contribution in [0.25, 0.3) is 0 Å². The van der Waals surface area contributed by atoms with E-state index in [2.05, 4.69) is 27.9 Å². The Kier molecular flexibility index (Phi) is 4.10. The lowest BCUT2D eigenvalue weighted by atomic mass is 10.0. The van der Waals surface area contributed by atoms with Crippen LogP contribution in [0.2, 0.25) is 0 Å². The minimum Gasteiger partial charge on any atom is -0.326 e. The smallest absolute Gasteiger partial charge is 0.226 e. The van der Waals surface area contributed by atoms with Gasteiger partial charge in [0, 0.05) is 21.2 Å². The zero-order valence-electron chi connectivity index (χ0n) is 8.88. The number of nitrogens with two attached hydrogens (primary N) is 1. The van der Waals surface area contributed by atoms with Gasteiger partial charge in [-0.05, 0) is 54.6 Å². The molecule has 3 nitrogen and oxygen atoms in total. The van der Waals surface area contributed by atoms with Crippen LogP contribution in [0.5, 0.6) is 0 Å². The summed E-state index contributed by atoms with van der Waals surface area (Å²) in [5.74, 6) is -0.0514. The molecule has 0 saturated heterocycles. The first kappa shape index (κ1) is 12.4. The van der Waals surface area contributed by atoms with Crippen LogP contribution >= 0.6 is 22.6 Å². The van der Waals surface area contributed by atoms with E-state index in [1.165, 1.54) is 0 Å². The fraction of sp³-hybridized carbons (Fsp3) is 0.364. The van der Waals surface area contributed by atoms with Gasteiger partial charge in [0.2, 0.25) is 5.91 Å². The molecule has 0 spiro atoms. The van der Waals surface area contributed by atoms with Gasteiger partial charge in [-0.2, -0.15) is 0 Å². The number of nitrogens with one attached hydrogen (secondary N) is 1. The highest BCUT2D eigenvalue weighted by molar-refractivity contribution is 14.1. The molecule has 1 amide bonds. The number of carbonyl (C=O) groups excluding carboxylic acids is 1. The van der Waals surface area contributed by atoms with E-state index in [-0.39, 0.29) is 5.91 Å². The molecule has 1 aromatic carbocycles. The molecule has 0 atom stereocenters. The Morgan fingerprint density at radius 1 is 1.53 bits per heavy atom. The van der Waals surface area contributed by atoms with E-state index in [0.717, 1.165) is 9.26 Å². The largest absolute Gasteiger partial charge is 0.326 e. The molecule has 3 N–H and O–H groups in total. The van der Waals surface area contributed by atoms with Crippen LogP contribution in [0.15, 0.2) is 24.3 Å². The summed E-state index contributed by atoms with van der Waals surface area (Å²) in [7, 11) is 0. The Morgan fingerprint density at radius 3 is 2.73 bits per heavy atom. The summed E-state index contributed by atoms with van der Waals surface area (Å²) in [6, 6.07) is 7.67. The van der Waals surface area contributed by atoms with E-state index in [1.54, 1.807) is 0 Å². The van der Waals surface area contributed by atoms with Gasteiger partial charge >= 0.3 is 0 Å². The summed E-state index contributed by atoms with van der Waals surface area (Å²) in [6.45, 7) is 3.67. The number of halogens is 1. The SMILES string of the molecule is CC(C)(N)CC(=O)Nc1cccc(I)c1. The highest BCUT2D eigenvalue weighted by Gasteiger charge is 2.16. The third kappa shape index (κ3) is 5.13. The first-order chi connectivity index (χ1) is 6.87. The molecule has 1 rings (SSSR count). The van der Waals surface area contributed by atoms with Crippen molar-refractivity contribution < 1.29 is 4.79 Å². The first-order valence-corrected chi connectivity index (χ1v) is 5.79. The van der Waals surface area contributed by atoms with Crippen molar-refractivity contribution in [2.24, 2.45) is 5.73 Å². The molecule has 0 aliphatic carbocycles. The molecule has 4 heteroatoms. The number of benzene rings is 1. The summed E-state index contributed by atoms with van der Waals surface area (Å²) in [5.41, 5.74) is 6.11. The molecular formula is C11H15IN2O. The Balaban J connectivity index is 2.59. The molecule has 0 radical (unpaired) electrons. The summed E-state index contributed by atoms with van der Waals surface area (Å²) in [4.78, 5) is 11.5. The second-order valence-corrected chi connectivity index (χ2v) is 5.47. The third-order valence-electron chi connectivity index (χ3n) is 1.72. The Hall–Kier alpha value is -0.620. The quantitative estimate of drug-likeness (QED) is 0.841. The fourth-order valence-corrected chi connectivity index (χ4v) is 1.73. The normalized spacial score (nSPS) is 11.2. The number of hydrogen-bond acceptors (Lipinski definition) is 2. The number of amides is 1. The molecular weight excluding hydrogens is 303 g/mol. The van der Waals surface area contributed by atoms with E-state index in [1.807, 2.05) is 38.1 Å². The molecule has 15 heavy (non-hydrogen) atoms. The minimum absolute atomic E-state index is 0.0514. The van der Waals surface area contributed by atoms with E-state index >= 15 is 0 Å². The van der Waals surface area contributed by atoms with Crippen LogP contribution in [0, 0.1) is 3.57 Å². The first-order valence-electron chi connectivity index (χ1n) is 4.71. The molecule has 0 bridgehead atoms. The lowest BCUT2D eigenvalue weighted by Gasteiger charge is -2.17. The molecule has 0 unspecified atom stereocenters. The summed E-state index contributed by atoms with van der Waals surface area (Å²) in [6.07, 6.45) is 0.318. The van der Waals surface area contributed by atoms with Gasteiger partial charge in [-0.3, -0.25) is 4.79 Å². The van der Waals surface area contributed by atoms with Gasteiger partial charge in [-0.25, -0.2) is 0 Å². The molecule has 0 aromatic heterocycles. The molecule has 0 fully saturated rings. The van der Waals surface area contributed by atoms with Gasteiger partial charge in [0.25, 0.3) is 0 Å². The van der Waals surface area contributed by atoms with E-state index < -0.39 is 5.54 Å². The zero-order valence-corrected chi connectivity index (χ0v) is 11.0. The maximum atomic E-state index is 11.5. The molecule has 82 valence electrons. The molecule has 0 aliphatic rings. The van der Waals surface area contributed by atoms with Crippen molar-refractivity contribution >= 4 is 34.2 Å². The van der Waals surface area contributed by atoms with Crippen LogP contribution < -0.4 is 11.1 Å². The van der Waals surface area contributed by atoms with Crippen molar-refractivity contribution in [3.05, 3.63) is 27.8 Å². The van der Waals surface area contributed by atoms with Gasteiger partial charge in [0.15, 0.2) is 0 Å². The number of anilines is 1. The second kappa shape index (κ2) is 4.94. The minimum atomic E-state index is -0.466. The monoisotopic (exact) mass is 318 g/mol. The average molecular weight is 318 g/mol. The van der Waals surface area contributed by atoms with E-state index in [4.69, 9.17) is 5.73 Å². The van der Waals surface area contributed by atoms with Crippen LogP contribution in [0.1, 0.15) is 20.3 Å². The predicted molar refractivity (Wildman–Crippen MR) is 70.7 cm³/mol. The van der Waals surface area contributed by atoms with Crippen molar-refractivity contribution in [3.8, 4) is 0 Å². The Labute approximate surface area is 104 Å². The van der Waals surface area contributed by atoms with Gasteiger partial charge in [0.05, 0.1) is 0 Å². The molecule has 1 aromatic rings. The summed E-state index contributed by atoms with van der Waals surface area (Å²) >= 11 is 2.20. The highest BCUT2D eigenvalue weighted by atomic mass is 127. The zero-order chi connectivity index (χ0) is 11.5. The third-order valence-corrected chi connectivity index (χ3v) is 2.40. The second-order valence-electron chi connectivity index (χ2n) is 4.22. The average Bonchev–Trinajstić information content (AvgIpc) is 1.99. The summed E-state index contributed by atoms with van der Waals surface area (Å²) in [5, 5.41) is 2.82. The van der Waals surface area contributed by atoms with Crippen molar-refractivity contribution in [3.63, 3.8) is 0 Å². The van der Waals surface area contributed by atoms with E-state index in [9.17, 15) is 4.79 Å². The topological polar surface area (TPSA) is 55.1 Å². The van der Waals surface area contributed by atoms with Crippen molar-refractivity contribution in [2.75, 3.05) is 5.32 Å². The number of hydrogen-bond donors (Lipinski definition) is 2. The van der Waals surface area contributed by atoms with Crippen LogP contribution in [-0.4, -0.2) is 11.4 Å².